The molecule has 0 bridgehead atoms. The Balaban J connectivity index is 1.51. The molecule has 2 aromatic heterocycles. The van der Waals surface area contributed by atoms with Crippen molar-refractivity contribution in [3.05, 3.63) is 53.0 Å². The van der Waals surface area contributed by atoms with E-state index in [1.807, 2.05) is 0 Å². The van der Waals surface area contributed by atoms with E-state index in [0.29, 0.717) is 17.2 Å². The minimum atomic E-state index is -0.455. The average Bonchev–Trinajstić information content (AvgIpc) is 3.29. The molecule has 1 N–H and O–H groups in total. The summed E-state index contributed by atoms with van der Waals surface area (Å²) in [5.41, 5.74) is 1.61. The number of nitrogens with zero attached hydrogens (tertiary/aromatic N) is 3. The van der Waals surface area contributed by atoms with Gasteiger partial charge in [-0.25, -0.2) is 14.8 Å². The normalized spacial score (nSPS) is 14.1. The van der Waals surface area contributed by atoms with Crippen LogP contribution in [0.25, 0.3) is 11.1 Å². The zero-order valence-corrected chi connectivity index (χ0v) is 12.2. The number of carbonyl (C=O) groups is 1. The van der Waals surface area contributed by atoms with Gasteiger partial charge in [-0.2, -0.15) is 0 Å². The summed E-state index contributed by atoms with van der Waals surface area (Å²) in [5.74, 6) is 0.911. The van der Waals surface area contributed by atoms with Crippen LogP contribution < -0.4 is 11.0 Å². The van der Waals surface area contributed by atoms with Gasteiger partial charge in [0.25, 0.3) is 0 Å². The average molecular weight is 310 g/mol. The maximum absolute atomic E-state index is 12.1. The van der Waals surface area contributed by atoms with Crippen LogP contribution in [0.5, 0.6) is 0 Å². The van der Waals surface area contributed by atoms with Crippen molar-refractivity contribution in [1.82, 2.24) is 14.5 Å². The van der Waals surface area contributed by atoms with Gasteiger partial charge in [-0.15, -0.1) is 0 Å². The number of aromatic nitrogens is 3. The molecule has 0 unspecified atom stereocenters. The molecule has 0 saturated heterocycles. The zero-order chi connectivity index (χ0) is 15.8. The lowest BCUT2D eigenvalue weighted by Crippen LogP contribution is -2.28. The minimum Gasteiger partial charge on any atom is -0.440 e. The molecule has 1 amide bonds. The first-order valence-electron chi connectivity index (χ1n) is 7.41. The van der Waals surface area contributed by atoms with Gasteiger partial charge in [0.05, 0.1) is 0 Å². The molecule has 0 radical (unpaired) electrons. The number of hydrogen-bond acceptors (Lipinski definition) is 5. The Labute approximate surface area is 131 Å². The van der Waals surface area contributed by atoms with Crippen molar-refractivity contribution < 1.29 is 9.21 Å². The lowest BCUT2D eigenvalue weighted by molar-refractivity contribution is -0.116. The molecule has 1 fully saturated rings. The highest BCUT2D eigenvalue weighted by atomic mass is 16.3. The van der Waals surface area contributed by atoms with Crippen LogP contribution in [-0.4, -0.2) is 20.4 Å². The Kier molecular flexibility index (Phi) is 3.18. The monoisotopic (exact) mass is 310 g/mol. The van der Waals surface area contributed by atoms with Crippen molar-refractivity contribution >= 4 is 22.7 Å². The summed E-state index contributed by atoms with van der Waals surface area (Å²) in [7, 11) is 0. The molecule has 7 heteroatoms. The molecule has 2 heterocycles. The van der Waals surface area contributed by atoms with Gasteiger partial charge in [0.15, 0.2) is 11.5 Å². The maximum Gasteiger partial charge on any atom is 0.347 e. The maximum atomic E-state index is 12.1. The lowest BCUT2D eigenvalue weighted by atomic mass is 10.3. The quantitative estimate of drug-likeness (QED) is 0.795. The second-order valence-corrected chi connectivity index (χ2v) is 5.59. The molecule has 23 heavy (non-hydrogen) atoms. The van der Waals surface area contributed by atoms with E-state index >= 15 is 0 Å². The Morgan fingerprint density at radius 1 is 1.39 bits per heavy atom. The Morgan fingerprint density at radius 3 is 3.04 bits per heavy atom. The summed E-state index contributed by atoms with van der Waals surface area (Å²) in [6.45, 7) is -0.0865. The van der Waals surface area contributed by atoms with Crippen molar-refractivity contribution in [2.24, 2.45) is 0 Å². The van der Waals surface area contributed by atoms with E-state index in [1.165, 1.54) is 17.0 Å². The molecule has 0 spiro atoms. The predicted molar refractivity (Wildman–Crippen MR) is 83.1 cm³/mol. The van der Waals surface area contributed by atoms with E-state index in [9.17, 15) is 9.59 Å². The second-order valence-electron chi connectivity index (χ2n) is 5.59. The van der Waals surface area contributed by atoms with E-state index in [4.69, 9.17) is 4.42 Å². The van der Waals surface area contributed by atoms with Crippen LogP contribution in [0.2, 0.25) is 0 Å². The number of rotatable bonds is 4. The van der Waals surface area contributed by atoms with E-state index in [-0.39, 0.29) is 12.5 Å². The van der Waals surface area contributed by atoms with Gasteiger partial charge in [-0.05, 0) is 37.1 Å². The molecular weight excluding hydrogens is 296 g/mol. The van der Waals surface area contributed by atoms with Crippen molar-refractivity contribution in [2.45, 2.75) is 25.3 Å². The third kappa shape index (κ3) is 2.85. The number of carbonyl (C=O) groups excluding carboxylic acids is 1. The summed E-state index contributed by atoms with van der Waals surface area (Å²) >= 11 is 0. The minimum absolute atomic E-state index is 0.0865. The van der Waals surface area contributed by atoms with Crippen molar-refractivity contribution in [1.29, 1.82) is 0 Å². The van der Waals surface area contributed by atoms with Gasteiger partial charge in [0.2, 0.25) is 5.91 Å². The SMILES string of the molecule is O=C(Cn1cccnc1=O)Nc1ccc2oc(C3CC3)nc2c1. The van der Waals surface area contributed by atoms with E-state index < -0.39 is 5.69 Å². The van der Waals surface area contributed by atoms with Crippen molar-refractivity contribution in [2.75, 3.05) is 5.32 Å². The molecule has 1 aliphatic carbocycles. The Morgan fingerprint density at radius 2 is 2.26 bits per heavy atom. The number of hydrogen-bond donors (Lipinski definition) is 1. The second kappa shape index (κ2) is 5.35. The first kappa shape index (κ1) is 13.7. The largest absolute Gasteiger partial charge is 0.440 e. The molecule has 1 saturated carbocycles. The third-order valence-electron chi connectivity index (χ3n) is 3.71. The molecule has 4 rings (SSSR count). The van der Waals surface area contributed by atoms with Gasteiger partial charge >= 0.3 is 5.69 Å². The first-order chi connectivity index (χ1) is 11.2. The molecule has 1 aliphatic rings. The van der Waals surface area contributed by atoms with Crippen LogP contribution >= 0.6 is 0 Å². The summed E-state index contributed by atoms with van der Waals surface area (Å²) < 4.78 is 6.93. The van der Waals surface area contributed by atoms with Gasteiger partial charge < -0.3 is 9.73 Å². The molecule has 0 atom stereocenters. The number of anilines is 1. The smallest absolute Gasteiger partial charge is 0.347 e. The van der Waals surface area contributed by atoms with Gasteiger partial charge in [0, 0.05) is 24.0 Å². The van der Waals surface area contributed by atoms with Crippen LogP contribution in [0, 0.1) is 0 Å². The van der Waals surface area contributed by atoms with Crippen molar-refractivity contribution in [3.63, 3.8) is 0 Å². The van der Waals surface area contributed by atoms with Crippen LogP contribution in [-0.2, 0) is 11.3 Å². The molecular formula is C16H14N4O3. The van der Waals surface area contributed by atoms with E-state index in [1.54, 1.807) is 24.3 Å². The summed E-state index contributed by atoms with van der Waals surface area (Å²) in [4.78, 5) is 31.6. The lowest BCUT2D eigenvalue weighted by Gasteiger charge is -2.06. The highest BCUT2D eigenvalue weighted by Gasteiger charge is 2.28. The highest BCUT2D eigenvalue weighted by Crippen LogP contribution is 2.40. The number of amides is 1. The fraction of sp³-hybridized carbons (Fsp3) is 0.250. The summed E-state index contributed by atoms with van der Waals surface area (Å²) in [6.07, 6.45) is 5.16. The molecule has 3 aromatic rings. The zero-order valence-electron chi connectivity index (χ0n) is 12.2. The topological polar surface area (TPSA) is 90.0 Å². The molecule has 7 nitrogen and oxygen atoms in total. The Bertz CT molecular complexity index is 940. The fourth-order valence-corrected chi connectivity index (χ4v) is 2.39. The molecule has 116 valence electrons. The standard InChI is InChI=1S/C16H14N4O3/c21-14(9-20-7-1-6-17-16(20)22)18-11-4-5-13-12(8-11)19-15(23-13)10-2-3-10/h1,4-8,10H,2-3,9H2,(H,18,21). The van der Waals surface area contributed by atoms with Crippen LogP contribution in [0.1, 0.15) is 24.7 Å². The van der Waals surface area contributed by atoms with Crippen LogP contribution in [0.3, 0.4) is 0 Å². The van der Waals surface area contributed by atoms with Crippen LogP contribution in [0.4, 0.5) is 5.69 Å². The molecule has 1 aromatic carbocycles. The fourth-order valence-electron chi connectivity index (χ4n) is 2.39. The third-order valence-corrected chi connectivity index (χ3v) is 3.71. The number of oxazole rings is 1. The number of fused-ring (bicyclic) bond motifs is 1. The van der Waals surface area contributed by atoms with Gasteiger partial charge in [0.1, 0.15) is 12.1 Å². The van der Waals surface area contributed by atoms with Crippen LogP contribution in [0.15, 0.2) is 45.9 Å². The highest BCUT2D eigenvalue weighted by molar-refractivity contribution is 5.92. The summed E-state index contributed by atoms with van der Waals surface area (Å²) in [6, 6.07) is 6.93. The summed E-state index contributed by atoms with van der Waals surface area (Å²) in [5, 5.41) is 2.76. The first-order valence-corrected chi connectivity index (χ1v) is 7.41. The van der Waals surface area contributed by atoms with Gasteiger partial charge in [-0.3, -0.25) is 9.36 Å². The Hall–Kier alpha value is -2.96. The van der Waals surface area contributed by atoms with Crippen molar-refractivity contribution in [3.8, 4) is 0 Å². The number of nitrogens with one attached hydrogen (secondary N) is 1. The molecule has 0 aliphatic heterocycles. The number of benzene rings is 1. The van der Waals surface area contributed by atoms with E-state index in [2.05, 4.69) is 15.3 Å². The predicted octanol–water partition coefficient (Wildman–Crippen LogP) is 1.90. The van der Waals surface area contributed by atoms with E-state index in [0.717, 1.165) is 24.2 Å². The van der Waals surface area contributed by atoms with Gasteiger partial charge in [-0.1, -0.05) is 0 Å².